The van der Waals surface area contributed by atoms with E-state index in [9.17, 15) is 4.79 Å². The van der Waals surface area contributed by atoms with Crippen molar-refractivity contribution < 1.29 is 23.7 Å². The fourth-order valence-corrected chi connectivity index (χ4v) is 8.17. The first-order valence-corrected chi connectivity index (χ1v) is 21.2. The summed E-state index contributed by atoms with van der Waals surface area (Å²) in [6.45, 7) is 6.86. The maximum Gasteiger partial charge on any atom is 0.219 e. The number of carbonyl (C=O) groups excluding carboxylic acids is 1. The minimum absolute atomic E-state index is 0.129. The van der Waals surface area contributed by atoms with Crippen molar-refractivity contribution in [3.63, 3.8) is 0 Å². The Morgan fingerprint density at radius 3 is 2.08 bits per heavy atom. The van der Waals surface area contributed by atoms with Gasteiger partial charge in [-0.1, -0.05) is 82.3 Å². The molecule has 0 bridgehead atoms. The molecule has 60 heavy (non-hydrogen) atoms. The summed E-state index contributed by atoms with van der Waals surface area (Å²) in [7, 11) is 0. The molecule has 3 atom stereocenters. The number of piperazine rings is 1. The lowest BCUT2D eigenvalue weighted by molar-refractivity contribution is -0.189. The molecule has 2 aromatic heterocycles. The summed E-state index contributed by atoms with van der Waals surface area (Å²) in [6, 6.07) is 26.3. The van der Waals surface area contributed by atoms with E-state index in [1.165, 1.54) is 0 Å². The third-order valence-corrected chi connectivity index (χ3v) is 11.5. The van der Waals surface area contributed by atoms with Gasteiger partial charge in [-0.3, -0.25) is 4.79 Å². The summed E-state index contributed by atoms with van der Waals surface area (Å²) in [6.07, 6.45) is 10.1. The van der Waals surface area contributed by atoms with Gasteiger partial charge in [0.2, 0.25) is 11.7 Å². The predicted molar refractivity (Wildman–Crippen MR) is 235 cm³/mol. The normalized spacial score (nSPS) is 18.2. The van der Waals surface area contributed by atoms with Crippen molar-refractivity contribution in [2.45, 2.75) is 44.6 Å². The van der Waals surface area contributed by atoms with Crippen LogP contribution in [0.2, 0.25) is 25.1 Å². The topological polar surface area (TPSA) is 96.1 Å². The Morgan fingerprint density at radius 2 is 1.45 bits per heavy atom. The summed E-state index contributed by atoms with van der Waals surface area (Å²) < 4.78 is 28.7. The van der Waals surface area contributed by atoms with E-state index in [4.69, 9.17) is 77.0 Å². The van der Waals surface area contributed by atoms with E-state index in [2.05, 4.69) is 14.9 Å². The highest BCUT2D eigenvalue weighted by Gasteiger charge is 2.45. The van der Waals surface area contributed by atoms with Crippen LogP contribution in [-0.4, -0.2) is 75.4 Å². The van der Waals surface area contributed by atoms with Gasteiger partial charge in [0.15, 0.2) is 0 Å². The molecule has 11 nitrogen and oxygen atoms in total. The number of halogens is 5. The van der Waals surface area contributed by atoms with Crippen LogP contribution < -0.4 is 9.64 Å². The van der Waals surface area contributed by atoms with Gasteiger partial charge < -0.3 is 37.9 Å². The molecule has 314 valence electrons. The Kier molecular flexibility index (Phi) is 15.0. The number of ether oxygens (including phenoxy) is 4. The van der Waals surface area contributed by atoms with E-state index in [1.807, 2.05) is 93.2 Å². The van der Waals surface area contributed by atoms with Gasteiger partial charge in [-0.25, -0.2) is 9.97 Å². The molecule has 0 spiro atoms. The summed E-state index contributed by atoms with van der Waals surface area (Å²) in [5.74, 6) is -0.201. The highest BCUT2D eigenvalue weighted by molar-refractivity contribution is 6.35. The van der Waals surface area contributed by atoms with Crippen molar-refractivity contribution in [1.82, 2.24) is 24.0 Å². The van der Waals surface area contributed by atoms with E-state index in [0.29, 0.717) is 63.6 Å². The molecule has 0 radical (unpaired) electrons. The van der Waals surface area contributed by atoms with E-state index >= 15 is 0 Å². The second-order valence-electron chi connectivity index (χ2n) is 14.3. The van der Waals surface area contributed by atoms with Gasteiger partial charge in [-0.15, -0.1) is 0 Å². The zero-order chi connectivity index (χ0) is 42.1. The van der Waals surface area contributed by atoms with Gasteiger partial charge in [0.1, 0.15) is 24.6 Å². The molecule has 0 aliphatic carbocycles. The van der Waals surface area contributed by atoms with E-state index in [0.717, 1.165) is 48.7 Å². The number of amides is 1. The second kappa shape index (κ2) is 20.5. The smallest absolute Gasteiger partial charge is 0.219 e. The summed E-state index contributed by atoms with van der Waals surface area (Å²) in [4.78, 5) is 23.9. The molecular formula is C44H43Cl5N6O5. The van der Waals surface area contributed by atoms with Gasteiger partial charge in [0, 0.05) is 94.8 Å². The Morgan fingerprint density at radius 1 is 0.800 bits per heavy atom. The standard InChI is InChI=1S/C26H28Cl2N4O4.C18H15Cl3N2O/c1-19(33)31-10-12-32(13-11-31)21-3-5-22(6-4-21)34-15-23-16-35-26(36-23,17-30-9-8-29-18-30)24-7-2-20(27)14-25(24)28;19-14-3-1-13(2-4-14)11-24-18(10-23-8-7-22-12-23)16-6-5-15(20)9-17(16)21/h2-9,14,18,23H,10-13,15-17H2,1H3;1-9,12,18H,10-11H2/t23-,26-;/m0./s1. The molecule has 1 amide bonds. The lowest BCUT2D eigenvalue weighted by atomic mass is 10.1. The molecule has 16 heteroatoms. The monoisotopic (exact) mass is 910 g/mol. The van der Waals surface area contributed by atoms with E-state index in [-0.39, 0.29) is 18.1 Å². The van der Waals surface area contributed by atoms with Crippen molar-refractivity contribution in [3.8, 4) is 5.75 Å². The van der Waals surface area contributed by atoms with E-state index < -0.39 is 5.79 Å². The van der Waals surface area contributed by atoms with Gasteiger partial charge in [0.05, 0.1) is 44.0 Å². The fourth-order valence-electron chi connectivity index (χ4n) is 6.96. The number of imidazole rings is 2. The molecule has 4 heterocycles. The molecular weight excluding hydrogens is 870 g/mol. The maximum atomic E-state index is 11.6. The van der Waals surface area contributed by atoms with Crippen LogP contribution in [0.15, 0.2) is 122 Å². The summed E-state index contributed by atoms with van der Waals surface area (Å²) in [5, 5.41) is 2.91. The third kappa shape index (κ3) is 11.5. The molecule has 8 rings (SSSR count). The molecule has 2 aliphatic rings. The molecule has 2 fully saturated rings. The number of hydrogen-bond donors (Lipinski definition) is 0. The highest BCUT2D eigenvalue weighted by atomic mass is 35.5. The number of rotatable bonds is 13. The first kappa shape index (κ1) is 43.8. The van der Waals surface area contributed by atoms with Gasteiger partial charge in [-0.2, -0.15) is 0 Å². The molecule has 6 aromatic rings. The second-order valence-corrected chi connectivity index (χ2v) is 16.4. The SMILES string of the molecule is CC(=O)N1CCN(c2ccc(OC[C@H]3CO[C@](Cn4ccnc4)(c4ccc(Cl)cc4Cl)O3)cc2)CC1.Clc1ccc(COC(Cn2ccnc2)c2ccc(Cl)cc2Cl)cc1. The van der Waals surface area contributed by atoms with Crippen LogP contribution >= 0.6 is 58.0 Å². The Bertz CT molecular complexity index is 2290. The Labute approximate surface area is 374 Å². The summed E-state index contributed by atoms with van der Waals surface area (Å²) >= 11 is 30.9. The Balaban J connectivity index is 0.000000197. The quantitative estimate of drug-likeness (QED) is 0.113. The average Bonchev–Trinajstić information content (AvgIpc) is 4.04. The largest absolute Gasteiger partial charge is 0.491 e. The molecule has 0 N–H and O–H groups in total. The molecule has 2 aliphatic heterocycles. The van der Waals surface area contributed by atoms with Crippen LogP contribution in [0.25, 0.3) is 0 Å². The van der Waals surface area contributed by atoms with Crippen LogP contribution in [0.1, 0.15) is 29.7 Å². The van der Waals surface area contributed by atoms with Crippen molar-refractivity contribution in [2.75, 3.05) is 44.3 Å². The van der Waals surface area contributed by atoms with Crippen LogP contribution in [0.4, 0.5) is 5.69 Å². The lowest BCUT2D eigenvalue weighted by Crippen LogP contribution is -2.48. The number of anilines is 1. The van der Waals surface area contributed by atoms with Crippen LogP contribution in [-0.2, 0) is 44.5 Å². The number of hydrogen-bond acceptors (Lipinski definition) is 8. The molecule has 2 saturated heterocycles. The first-order chi connectivity index (χ1) is 29.0. The molecule has 1 unspecified atom stereocenters. The number of carbonyl (C=O) groups is 1. The van der Waals surface area contributed by atoms with Crippen LogP contribution in [0, 0.1) is 0 Å². The van der Waals surface area contributed by atoms with Crippen molar-refractivity contribution >= 4 is 69.6 Å². The fraction of sp³-hybridized carbons (Fsp3) is 0.295. The van der Waals surface area contributed by atoms with Crippen LogP contribution in [0.3, 0.4) is 0 Å². The van der Waals surface area contributed by atoms with E-state index in [1.54, 1.807) is 50.2 Å². The lowest BCUT2D eigenvalue weighted by Gasteiger charge is -2.35. The minimum atomic E-state index is -1.08. The molecule has 0 saturated carbocycles. The minimum Gasteiger partial charge on any atom is -0.491 e. The number of benzene rings is 4. The summed E-state index contributed by atoms with van der Waals surface area (Å²) in [5.41, 5.74) is 3.76. The number of nitrogens with zero attached hydrogens (tertiary/aromatic N) is 6. The van der Waals surface area contributed by atoms with Gasteiger partial charge in [0.25, 0.3) is 0 Å². The highest BCUT2D eigenvalue weighted by Crippen LogP contribution is 2.41. The van der Waals surface area contributed by atoms with Gasteiger partial charge >= 0.3 is 0 Å². The third-order valence-electron chi connectivity index (χ3n) is 10.1. The van der Waals surface area contributed by atoms with Crippen molar-refractivity contribution in [2.24, 2.45) is 0 Å². The van der Waals surface area contributed by atoms with Gasteiger partial charge in [-0.05, 0) is 66.2 Å². The predicted octanol–water partition coefficient (Wildman–Crippen LogP) is 10.0. The molecule has 4 aromatic carbocycles. The Hall–Kier alpha value is -4.30. The number of aromatic nitrogens is 4. The first-order valence-electron chi connectivity index (χ1n) is 19.3. The zero-order valence-electron chi connectivity index (χ0n) is 32.7. The average molecular weight is 913 g/mol. The zero-order valence-corrected chi connectivity index (χ0v) is 36.5. The van der Waals surface area contributed by atoms with Crippen molar-refractivity contribution in [3.05, 3.63) is 164 Å². The maximum absolute atomic E-state index is 11.6. The van der Waals surface area contributed by atoms with Crippen LogP contribution in [0.5, 0.6) is 5.75 Å². The van der Waals surface area contributed by atoms with Crippen molar-refractivity contribution in [1.29, 1.82) is 0 Å².